The fourth-order valence-corrected chi connectivity index (χ4v) is 6.37. The van der Waals surface area contributed by atoms with Crippen molar-refractivity contribution in [1.29, 1.82) is 0 Å². The first-order chi connectivity index (χ1) is 19.5. The maximum Gasteiger partial charge on any atom is 0.286 e. The quantitative estimate of drug-likeness (QED) is 0.438. The van der Waals surface area contributed by atoms with E-state index in [1.807, 2.05) is 6.26 Å². The summed E-state index contributed by atoms with van der Waals surface area (Å²) in [6.45, 7) is 7.89. The van der Waals surface area contributed by atoms with Gasteiger partial charge in [-0.15, -0.1) is 11.8 Å². The molecular weight excluding hydrogens is 591 g/mol. The second-order valence-electron chi connectivity index (χ2n) is 9.33. The molecule has 0 saturated carbocycles. The van der Waals surface area contributed by atoms with Gasteiger partial charge in [-0.2, -0.15) is 9.98 Å². The predicted molar refractivity (Wildman–Crippen MR) is 164 cm³/mol. The lowest BCUT2D eigenvalue weighted by Gasteiger charge is -2.37. The topological polar surface area (TPSA) is 106 Å². The number of hydrogen-bond donors (Lipinski definition) is 2. The summed E-state index contributed by atoms with van der Waals surface area (Å²) in [6, 6.07) is 7.75. The van der Waals surface area contributed by atoms with Crippen molar-refractivity contribution in [2.24, 2.45) is 9.98 Å². The number of carbonyl (C=O) groups is 2. The predicted octanol–water partition coefficient (Wildman–Crippen LogP) is 5.39. The summed E-state index contributed by atoms with van der Waals surface area (Å²) in [5.74, 6) is -1.74. The van der Waals surface area contributed by atoms with E-state index in [9.17, 15) is 28.6 Å². The van der Waals surface area contributed by atoms with E-state index < -0.39 is 11.6 Å². The lowest BCUT2D eigenvalue weighted by Crippen LogP contribution is -2.49. The van der Waals surface area contributed by atoms with Gasteiger partial charge in [-0.3, -0.25) is 14.5 Å². The average molecular weight is 619 g/mol. The molecule has 3 aliphatic rings. The van der Waals surface area contributed by atoms with Gasteiger partial charge in [0, 0.05) is 43.3 Å². The molecule has 41 heavy (non-hydrogen) atoms. The highest BCUT2D eigenvalue weighted by Gasteiger charge is 2.29. The fourth-order valence-electron chi connectivity index (χ4n) is 4.00. The molecule has 3 aliphatic heterocycles. The van der Waals surface area contributed by atoms with Crippen LogP contribution >= 0.6 is 35.3 Å². The highest BCUT2D eigenvalue weighted by molar-refractivity contribution is 8.40. The third-order valence-corrected chi connectivity index (χ3v) is 9.27. The number of aromatic hydroxyl groups is 2. The first-order valence-corrected chi connectivity index (χ1v) is 15.4. The minimum Gasteiger partial charge on any atom is -0.507 e. The lowest BCUT2D eigenvalue weighted by atomic mass is 10.2. The number of thioether (sulfide) groups is 3. The zero-order valence-corrected chi connectivity index (χ0v) is 25.0. The number of phenolic OH excluding ortho intramolecular Hbond substituents is 2. The maximum absolute atomic E-state index is 13.3. The zero-order valence-electron chi connectivity index (χ0n) is 22.5. The minimum absolute atomic E-state index is 0.0590. The molecule has 2 N–H and O–H groups in total. The van der Waals surface area contributed by atoms with Crippen molar-refractivity contribution in [2.75, 3.05) is 32.4 Å². The smallest absolute Gasteiger partial charge is 0.286 e. The molecule has 216 valence electrons. The summed E-state index contributed by atoms with van der Waals surface area (Å²) in [6.07, 6.45) is 4.76. The molecule has 2 amide bonds. The second-order valence-corrected chi connectivity index (χ2v) is 12.4. The van der Waals surface area contributed by atoms with E-state index in [0.717, 1.165) is 32.2 Å². The van der Waals surface area contributed by atoms with Crippen LogP contribution in [0.3, 0.4) is 0 Å². The number of benzene rings is 2. The number of amides is 2. The number of phenols is 2. The van der Waals surface area contributed by atoms with Gasteiger partial charge in [0.1, 0.15) is 27.5 Å². The Morgan fingerprint density at radius 1 is 0.854 bits per heavy atom. The monoisotopic (exact) mass is 618 g/mol. The Bertz CT molecular complexity index is 1470. The van der Waals surface area contributed by atoms with Crippen LogP contribution in [0, 0.1) is 11.6 Å². The van der Waals surface area contributed by atoms with Crippen molar-refractivity contribution in [2.45, 2.75) is 19.9 Å². The molecule has 1 saturated heterocycles. The number of hydrogen-bond acceptors (Lipinski definition) is 9. The van der Waals surface area contributed by atoms with Crippen LogP contribution in [-0.4, -0.2) is 79.8 Å². The summed E-state index contributed by atoms with van der Waals surface area (Å²) in [5.41, 5.74) is 0.560. The molecule has 0 aliphatic carbocycles. The number of aliphatic imine (C=N–C) groups is 2. The van der Waals surface area contributed by atoms with E-state index in [4.69, 9.17) is 0 Å². The van der Waals surface area contributed by atoms with Crippen molar-refractivity contribution in [3.05, 3.63) is 69.0 Å². The Kier molecular flexibility index (Phi) is 10.3. The highest BCUT2D eigenvalue weighted by Crippen LogP contribution is 2.35. The van der Waals surface area contributed by atoms with E-state index in [1.54, 1.807) is 0 Å². The first-order valence-electron chi connectivity index (χ1n) is 12.6. The van der Waals surface area contributed by atoms with E-state index >= 15 is 0 Å². The zero-order chi connectivity index (χ0) is 29.7. The molecule has 1 fully saturated rings. The van der Waals surface area contributed by atoms with Crippen LogP contribution in [-0.2, 0) is 9.59 Å². The summed E-state index contributed by atoms with van der Waals surface area (Å²) in [7, 11) is 0. The van der Waals surface area contributed by atoms with Crippen molar-refractivity contribution in [1.82, 2.24) is 9.80 Å². The molecule has 0 unspecified atom stereocenters. The summed E-state index contributed by atoms with van der Waals surface area (Å²) < 4.78 is 27.0. The third kappa shape index (κ3) is 8.00. The molecule has 0 bridgehead atoms. The van der Waals surface area contributed by atoms with Gasteiger partial charge >= 0.3 is 0 Å². The van der Waals surface area contributed by atoms with Crippen molar-refractivity contribution >= 4 is 68.8 Å². The van der Waals surface area contributed by atoms with Crippen LogP contribution in [0.2, 0.25) is 0 Å². The number of carbonyl (C=O) groups excluding carboxylic acids is 2. The molecule has 2 aromatic rings. The van der Waals surface area contributed by atoms with Crippen molar-refractivity contribution in [3.63, 3.8) is 0 Å². The Morgan fingerprint density at radius 3 is 1.85 bits per heavy atom. The van der Waals surface area contributed by atoms with E-state index in [2.05, 4.69) is 33.6 Å². The summed E-state index contributed by atoms with van der Waals surface area (Å²) in [4.78, 5) is 36.8. The van der Waals surface area contributed by atoms with Gasteiger partial charge in [-0.25, -0.2) is 8.78 Å². The Balaban J connectivity index is 0.000000201. The lowest BCUT2D eigenvalue weighted by molar-refractivity contribution is -0.114. The van der Waals surface area contributed by atoms with Gasteiger partial charge in [0.15, 0.2) is 5.17 Å². The minimum atomic E-state index is -0.462. The van der Waals surface area contributed by atoms with Crippen LogP contribution in [0.25, 0.3) is 12.2 Å². The largest absolute Gasteiger partial charge is 0.507 e. The normalized spacial score (nSPS) is 19.6. The van der Waals surface area contributed by atoms with E-state index in [1.165, 1.54) is 77.8 Å². The molecule has 3 heterocycles. The van der Waals surface area contributed by atoms with Gasteiger partial charge in [-0.1, -0.05) is 11.8 Å². The van der Waals surface area contributed by atoms with E-state index in [-0.39, 0.29) is 34.4 Å². The van der Waals surface area contributed by atoms with Crippen molar-refractivity contribution in [3.8, 4) is 11.5 Å². The standard InChI is InChI=1S/C17H20FN3O2S.C11H8FNO2S2/c1-11(2)20-5-7-21(8-6-20)17-19-16(23)15(24-17)10-12-9-13(18)3-4-14(12)22;1-16-11-13-10(15)9(17-11)5-6-4-7(12)2-3-8(6)14/h3-4,9-11,22H,5-8H2,1-2H3;2-5,14H,1H3/b15-10-;9-5-. The molecule has 13 heteroatoms. The molecule has 2 aromatic carbocycles. The SMILES string of the molecule is CC(C)N1CCN(C2=NC(=O)/C(=C/c3cc(F)ccc3O)S2)CC1.CSC1=NC(=O)/C(=C/c2cc(F)ccc2O)S1. The van der Waals surface area contributed by atoms with Crippen LogP contribution in [0.5, 0.6) is 11.5 Å². The average Bonchev–Trinajstić information content (AvgIpc) is 3.50. The number of piperazine rings is 1. The summed E-state index contributed by atoms with van der Waals surface area (Å²) >= 11 is 3.87. The second kappa shape index (κ2) is 13.7. The van der Waals surface area contributed by atoms with Gasteiger partial charge in [-0.05, 0) is 80.4 Å². The van der Waals surface area contributed by atoms with Crippen molar-refractivity contribution < 1.29 is 28.6 Å². The van der Waals surface area contributed by atoms with Crippen LogP contribution in [0.15, 0.2) is 56.2 Å². The molecule has 0 radical (unpaired) electrons. The molecule has 5 rings (SSSR count). The van der Waals surface area contributed by atoms with Crippen LogP contribution in [0.1, 0.15) is 25.0 Å². The fraction of sp³-hybridized carbons (Fsp3) is 0.286. The Hall–Kier alpha value is -3.13. The number of nitrogens with zero attached hydrogens (tertiary/aromatic N) is 4. The number of halogens is 2. The molecule has 8 nitrogen and oxygen atoms in total. The molecule has 0 spiro atoms. The Labute approximate surface area is 249 Å². The summed E-state index contributed by atoms with van der Waals surface area (Å²) in [5, 5.41) is 20.0. The maximum atomic E-state index is 13.3. The first kappa shape index (κ1) is 30.8. The van der Waals surface area contributed by atoms with Gasteiger partial charge in [0.25, 0.3) is 11.8 Å². The van der Waals surface area contributed by atoms with Gasteiger partial charge in [0.2, 0.25) is 0 Å². The van der Waals surface area contributed by atoms with Crippen LogP contribution in [0.4, 0.5) is 8.78 Å². The third-order valence-electron chi connectivity index (χ3n) is 6.25. The van der Waals surface area contributed by atoms with Crippen LogP contribution < -0.4 is 0 Å². The molecule has 0 aromatic heterocycles. The Morgan fingerprint density at radius 2 is 1.37 bits per heavy atom. The van der Waals surface area contributed by atoms with Gasteiger partial charge < -0.3 is 15.1 Å². The molecule has 0 atom stereocenters. The number of amidine groups is 1. The number of rotatable bonds is 3. The highest BCUT2D eigenvalue weighted by atomic mass is 32.2. The van der Waals surface area contributed by atoms with Gasteiger partial charge in [0.05, 0.1) is 9.81 Å². The molecular formula is C28H28F2N4O4S3. The van der Waals surface area contributed by atoms with E-state index in [0.29, 0.717) is 25.4 Å².